The summed E-state index contributed by atoms with van der Waals surface area (Å²) in [5, 5.41) is 0. The van der Waals surface area contributed by atoms with Gasteiger partial charge in [0.25, 0.3) is 5.91 Å². The highest BCUT2D eigenvalue weighted by Crippen LogP contribution is 2.46. The van der Waals surface area contributed by atoms with Gasteiger partial charge in [0.05, 0.1) is 0 Å². The summed E-state index contributed by atoms with van der Waals surface area (Å²) in [5.74, 6) is 0.633. The minimum atomic E-state index is -0.420. The molecule has 0 atom stereocenters. The van der Waals surface area contributed by atoms with Crippen LogP contribution in [0.4, 0.5) is 0 Å². The Kier molecular flexibility index (Phi) is 1.93. The van der Waals surface area contributed by atoms with Crippen LogP contribution in [0.3, 0.4) is 0 Å². The van der Waals surface area contributed by atoms with Gasteiger partial charge in [0.1, 0.15) is 11.5 Å². The number of carbonyl (C=O) groups excluding carboxylic acids is 1. The number of hydrogen-bond acceptors (Lipinski definition) is 3. The van der Waals surface area contributed by atoms with Gasteiger partial charge in [-0.3, -0.25) is 4.79 Å². The molecule has 4 nitrogen and oxygen atoms in total. The molecule has 0 bridgehead atoms. The Hall–Kier alpha value is -1.58. The van der Waals surface area contributed by atoms with E-state index in [9.17, 15) is 4.79 Å². The summed E-state index contributed by atoms with van der Waals surface area (Å²) in [5.41, 5.74) is 5.81. The lowest BCUT2D eigenvalue weighted by Gasteiger charge is -2.47. The van der Waals surface area contributed by atoms with E-state index in [4.69, 9.17) is 5.73 Å². The van der Waals surface area contributed by atoms with Crippen LogP contribution in [0.15, 0.2) is 28.9 Å². The van der Waals surface area contributed by atoms with Gasteiger partial charge < -0.3 is 10.6 Å². The molecular formula is C12H15N3O. The molecule has 84 valence electrons. The number of amides is 1. The predicted molar refractivity (Wildman–Crippen MR) is 61.7 cm³/mol. The van der Waals surface area contributed by atoms with Crippen molar-refractivity contribution >= 4 is 11.7 Å². The van der Waals surface area contributed by atoms with Crippen molar-refractivity contribution in [3.63, 3.8) is 0 Å². The summed E-state index contributed by atoms with van der Waals surface area (Å²) in [6.45, 7) is 1.65. The lowest BCUT2D eigenvalue weighted by molar-refractivity contribution is -0.114. The molecule has 2 N–H and O–H groups in total. The van der Waals surface area contributed by atoms with Crippen LogP contribution in [0.5, 0.6) is 0 Å². The molecule has 0 aromatic heterocycles. The highest BCUT2D eigenvalue weighted by Gasteiger charge is 2.44. The van der Waals surface area contributed by atoms with Crippen LogP contribution in [0.25, 0.3) is 0 Å². The molecule has 1 fully saturated rings. The predicted octanol–water partition coefficient (Wildman–Crippen LogP) is 0.810. The van der Waals surface area contributed by atoms with Crippen molar-refractivity contribution in [3.05, 3.63) is 23.9 Å². The first kappa shape index (κ1) is 9.63. The van der Waals surface area contributed by atoms with Crippen LogP contribution in [0.1, 0.15) is 19.3 Å². The van der Waals surface area contributed by atoms with E-state index >= 15 is 0 Å². The fraction of sp³-hybridized carbons (Fsp3) is 0.500. The molecule has 0 saturated heterocycles. The van der Waals surface area contributed by atoms with E-state index < -0.39 is 5.91 Å². The number of aliphatic imine (C=N–C) groups is 1. The zero-order valence-electron chi connectivity index (χ0n) is 9.15. The third-order valence-corrected chi connectivity index (χ3v) is 3.74. The molecule has 0 radical (unpaired) electrons. The van der Waals surface area contributed by atoms with Crippen molar-refractivity contribution < 1.29 is 4.79 Å². The summed E-state index contributed by atoms with van der Waals surface area (Å²) in [6, 6.07) is 0. The van der Waals surface area contributed by atoms with Crippen LogP contribution in [-0.2, 0) is 4.79 Å². The van der Waals surface area contributed by atoms with Gasteiger partial charge in [-0.25, -0.2) is 4.99 Å². The highest BCUT2D eigenvalue weighted by molar-refractivity contribution is 6.00. The van der Waals surface area contributed by atoms with Gasteiger partial charge in [-0.1, -0.05) is 18.6 Å². The number of rotatable bonds is 1. The molecule has 16 heavy (non-hydrogen) atoms. The summed E-state index contributed by atoms with van der Waals surface area (Å²) in [6.07, 6.45) is 9.82. The molecule has 3 aliphatic rings. The quantitative estimate of drug-likeness (QED) is 0.661. The lowest BCUT2D eigenvalue weighted by Crippen LogP contribution is -2.51. The number of nitrogens with zero attached hydrogens (tertiary/aromatic N) is 2. The van der Waals surface area contributed by atoms with Crippen molar-refractivity contribution in [3.8, 4) is 0 Å². The Labute approximate surface area is 94.5 Å². The summed E-state index contributed by atoms with van der Waals surface area (Å²) < 4.78 is 0. The number of nitrogens with two attached hydrogens (primary N) is 1. The van der Waals surface area contributed by atoms with Crippen molar-refractivity contribution in [1.82, 2.24) is 4.90 Å². The number of carbonyl (C=O) groups is 1. The minimum absolute atomic E-state index is 0.104. The summed E-state index contributed by atoms with van der Waals surface area (Å²) >= 11 is 0. The molecule has 2 aliphatic heterocycles. The Balaban J connectivity index is 2.00. The SMILES string of the molecule is NC(=O)C1=CCN2CC=CC3(CCC3)C2=N1. The van der Waals surface area contributed by atoms with Gasteiger partial charge in [0, 0.05) is 18.5 Å². The van der Waals surface area contributed by atoms with Crippen molar-refractivity contribution in [2.24, 2.45) is 16.1 Å². The molecule has 1 amide bonds. The van der Waals surface area contributed by atoms with Crippen LogP contribution in [-0.4, -0.2) is 29.7 Å². The first-order valence-corrected chi connectivity index (χ1v) is 5.73. The van der Waals surface area contributed by atoms with Crippen molar-refractivity contribution in [2.45, 2.75) is 19.3 Å². The normalized spacial score (nSPS) is 25.6. The van der Waals surface area contributed by atoms with Crippen LogP contribution in [0.2, 0.25) is 0 Å². The Morgan fingerprint density at radius 2 is 2.25 bits per heavy atom. The van der Waals surface area contributed by atoms with Gasteiger partial charge in [-0.2, -0.15) is 0 Å². The third kappa shape index (κ3) is 1.22. The van der Waals surface area contributed by atoms with E-state index in [-0.39, 0.29) is 5.41 Å². The summed E-state index contributed by atoms with van der Waals surface area (Å²) in [4.78, 5) is 17.8. The second kappa shape index (κ2) is 3.20. The zero-order valence-corrected chi connectivity index (χ0v) is 9.15. The lowest BCUT2D eigenvalue weighted by atomic mass is 9.66. The average molecular weight is 217 g/mol. The second-order valence-electron chi connectivity index (χ2n) is 4.71. The molecule has 1 aliphatic carbocycles. The van der Waals surface area contributed by atoms with E-state index in [1.54, 1.807) is 0 Å². The van der Waals surface area contributed by atoms with Crippen molar-refractivity contribution in [2.75, 3.05) is 13.1 Å². The number of primary amides is 1. The average Bonchev–Trinajstić information content (AvgIpc) is 2.25. The first-order valence-electron chi connectivity index (χ1n) is 5.73. The van der Waals surface area contributed by atoms with Gasteiger partial charge in [-0.15, -0.1) is 0 Å². The van der Waals surface area contributed by atoms with E-state index in [0.717, 1.165) is 31.8 Å². The second-order valence-corrected chi connectivity index (χ2v) is 4.71. The Morgan fingerprint density at radius 1 is 1.44 bits per heavy atom. The number of hydrogen-bond donors (Lipinski definition) is 1. The smallest absolute Gasteiger partial charge is 0.267 e. The van der Waals surface area contributed by atoms with E-state index in [2.05, 4.69) is 22.0 Å². The van der Waals surface area contributed by atoms with E-state index in [0.29, 0.717) is 5.70 Å². The molecular weight excluding hydrogens is 202 g/mol. The Bertz CT molecular complexity index is 430. The zero-order chi connectivity index (χ0) is 11.2. The molecule has 0 aromatic carbocycles. The van der Waals surface area contributed by atoms with Gasteiger partial charge in [0.2, 0.25) is 0 Å². The van der Waals surface area contributed by atoms with Crippen LogP contribution < -0.4 is 5.73 Å². The minimum Gasteiger partial charge on any atom is -0.364 e. The van der Waals surface area contributed by atoms with Gasteiger partial charge in [0.15, 0.2) is 0 Å². The van der Waals surface area contributed by atoms with Crippen molar-refractivity contribution in [1.29, 1.82) is 0 Å². The van der Waals surface area contributed by atoms with Gasteiger partial charge in [-0.05, 0) is 18.9 Å². The monoisotopic (exact) mass is 217 g/mol. The molecule has 0 unspecified atom stereocenters. The van der Waals surface area contributed by atoms with E-state index in [1.807, 2.05) is 6.08 Å². The molecule has 2 heterocycles. The standard InChI is InChI=1S/C12H15N3O/c13-10(16)9-3-8-15-7-2-6-12(4-1-5-12)11(15)14-9/h2-3,6H,1,4-5,7-8H2,(H2,13,16). The molecule has 1 spiro atoms. The Morgan fingerprint density at radius 3 is 2.88 bits per heavy atom. The van der Waals surface area contributed by atoms with E-state index in [1.165, 1.54) is 6.42 Å². The largest absolute Gasteiger partial charge is 0.364 e. The number of fused-ring (bicyclic) bond motifs is 2. The maximum atomic E-state index is 11.2. The molecule has 4 heteroatoms. The molecule has 3 rings (SSSR count). The topological polar surface area (TPSA) is 58.7 Å². The fourth-order valence-electron chi connectivity index (χ4n) is 2.68. The number of amidine groups is 1. The summed E-state index contributed by atoms with van der Waals surface area (Å²) in [7, 11) is 0. The first-order chi connectivity index (χ1) is 7.71. The third-order valence-electron chi connectivity index (χ3n) is 3.74. The van der Waals surface area contributed by atoms with Crippen LogP contribution >= 0.6 is 0 Å². The van der Waals surface area contributed by atoms with Gasteiger partial charge >= 0.3 is 0 Å². The maximum Gasteiger partial charge on any atom is 0.267 e. The maximum absolute atomic E-state index is 11.2. The molecule has 1 saturated carbocycles. The van der Waals surface area contributed by atoms with Crippen LogP contribution in [0, 0.1) is 5.41 Å². The fourth-order valence-corrected chi connectivity index (χ4v) is 2.68. The highest BCUT2D eigenvalue weighted by atomic mass is 16.1. The molecule has 0 aromatic rings.